The Hall–Kier alpha value is -1.52. The number of aromatic amines is 1. The van der Waals surface area contributed by atoms with Crippen LogP contribution >= 0.6 is 11.6 Å². The Balaban J connectivity index is 2.05. The minimum absolute atomic E-state index is 0.0398. The third kappa shape index (κ3) is 2.41. The summed E-state index contributed by atoms with van der Waals surface area (Å²) < 4.78 is 0. The first kappa shape index (κ1) is 13.5. The summed E-state index contributed by atoms with van der Waals surface area (Å²) in [7, 11) is 2.10. The number of pyridine rings is 1. The maximum atomic E-state index is 12.3. The largest absolute Gasteiger partial charge is 0.365 e. The molecule has 1 N–H and O–H groups in total. The van der Waals surface area contributed by atoms with Crippen molar-refractivity contribution >= 4 is 28.2 Å². The molecule has 1 saturated heterocycles. The molecule has 20 heavy (non-hydrogen) atoms. The van der Waals surface area contributed by atoms with Crippen molar-refractivity contribution in [2.75, 3.05) is 38.1 Å². The Kier molecular flexibility index (Phi) is 3.44. The van der Waals surface area contributed by atoms with Gasteiger partial charge in [-0.15, -0.1) is 0 Å². The zero-order chi connectivity index (χ0) is 14.3. The number of halogens is 1. The van der Waals surface area contributed by atoms with Gasteiger partial charge in [0.15, 0.2) is 0 Å². The first-order valence-corrected chi connectivity index (χ1v) is 7.19. The van der Waals surface area contributed by atoms with Gasteiger partial charge in [-0.3, -0.25) is 4.79 Å². The number of anilines is 1. The molecule has 4 nitrogen and oxygen atoms in total. The fraction of sp³-hybridized carbons (Fsp3) is 0.400. The summed E-state index contributed by atoms with van der Waals surface area (Å²) in [6.07, 6.45) is 0. The van der Waals surface area contributed by atoms with Gasteiger partial charge in [0.05, 0.1) is 0 Å². The number of aromatic nitrogens is 1. The number of likely N-dealkylation sites (N-methyl/N-ethyl adjacent to an activating group) is 1. The number of H-pyrrole nitrogens is 1. The summed E-state index contributed by atoms with van der Waals surface area (Å²) in [4.78, 5) is 19.6. The van der Waals surface area contributed by atoms with Crippen molar-refractivity contribution in [3.8, 4) is 0 Å². The number of fused-ring (bicyclic) bond motifs is 1. The third-order valence-corrected chi connectivity index (χ3v) is 4.36. The van der Waals surface area contributed by atoms with Crippen LogP contribution < -0.4 is 10.5 Å². The molecule has 0 spiro atoms. The highest BCUT2D eigenvalue weighted by atomic mass is 35.5. The second-order valence-corrected chi connectivity index (χ2v) is 5.87. The van der Waals surface area contributed by atoms with Crippen LogP contribution in [0.25, 0.3) is 10.9 Å². The molecule has 1 aromatic heterocycles. The molecule has 2 aromatic rings. The summed E-state index contributed by atoms with van der Waals surface area (Å²) in [5.74, 6) is 0. The van der Waals surface area contributed by atoms with Gasteiger partial charge in [0.25, 0.3) is 5.56 Å². The van der Waals surface area contributed by atoms with Crippen LogP contribution in [0.4, 0.5) is 5.69 Å². The lowest BCUT2D eigenvalue weighted by atomic mass is 10.1. The Bertz CT molecular complexity index is 702. The van der Waals surface area contributed by atoms with Crippen LogP contribution in [0.5, 0.6) is 0 Å². The lowest BCUT2D eigenvalue weighted by molar-refractivity contribution is 0.312. The standard InChI is InChI=1S/C15H18ClN3O/c1-10-7-11-8-14(19-5-3-18(2)4-6-19)15(20)17-13(11)9-12(10)16/h7-9H,3-6H2,1-2H3,(H,17,20). The normalized spacial score (nSPS) is 16.9. The van der Waals surface area contributed by atoms with Gasteiger partial charge in [0.1, 0.15) is 5.69 Å². The highest BCUT2D eigenvalue weighted by molar-refractivity contribution is 6.32. The fourth-order valence-corrected chi connectivity index (χ4v) is 2.78. The number of aryl methyl sites for hydroxylation is 1. The molecule has 106 valence electrons. The van der Waals surface area contributed by atoms with E-state index in [0.717, 1.165) is 48.3 Å². The predicted octanol–water partition coefficient (Wildman–Crippen LogP) is 2.24. The van der Waals surface area contributed by atoms with E-state index in [2.05, 4.69) is 21.8 Å². The Morgan fingerprint density at radius 3 is 2.55 bits per heavy atom. The van der Waals surface area contributed by atoms with Crippen molar-refractivity contribution < 1.29 is 0 Å². The number of nitrogens with one attached hydrogen (secondary N) is 1. The van der Waals surface area contributed by atoms with E-state index in [1.165, 1.54) is 0 Å². The predicted molar refractivity (Wildman–Crippen MR) is 84.0 cm³/mol. The van der Waals surface area contributed by atoms with E-state index in [1.54, 1.807) is 0 Å². The summed E-state index contributed by atoms with van der Waals surface area (Å²) >= 11 is 6.11. The topological polar surface area (TPSA) is 39.3 Å². The van der Waals surface area contributed by atoms with E-state index in [-0.39, 0.29) is 5.56 Å². The van der Waals surface area contributed by atoms with Gasteiger partial charge < -0.3 is 14.8 Å². The SMILES string of the molecule is Cc1cc2cc(N3CCN(C)CC3)c(=O)[nH]c2cc1Cl. The van der Waals surface area contributed by atoms with Crippen LogP contribution in [0.2, 0.25) is 5.02 Å². The molecular weight excluding hydrogens is 274 g/mol. The molecule has 1 aromatic carbocycles. The molecule has 2 heterocycles. The maximum absolute atomic E-state index is 12.3. The molecule has 5 heteroatoms. The monoisotopic (exact) mass is 291 g/mol. The first-order chi connectivity index (χ1) is 9.54. The molecule has 1 aliphatic rings. The summed E-state index contributed by atoms with van der Waals surface area (Å²) in [6, 6.07) is 5.82. The minimum Gasteiger partial charge on any atom is -0.365 e. The quantitative estimate of drug-likeness (QED) is 0.876. The number of piperazine rings is 1. The molecule has 0 atom stereocenters. The Morgan fingerprint density at radius 2 is 1.85 bits per heavy atom. The highest BCUT2D eigenvalue weighted by Gasteiger charge is 2.17. The number of hydrogen-bond donors (Lipinski definition) is 1. The van der Waals surface area contributed by atoms with E-state index < -0.39 is 0 Å². The number of hydrogen-bond acceptors (Lipinski definition) is 3. The first-order valence-electron chi connectivity index (χ1n) is 6.81. The number of benzene rings is 1. The average Bonchev–Trinajstić information content (AvgIpc) is 2.41. The van der Waals surface area contributed by atoms with Crippen molar-refractivity contribution in [1.29, 1.82) is 0 Å². The number of nitrogens with zero attached hydrogens (tertiary/aromatic N) is 2. The molecule has 0 amide bonds. The van der Waals surface area contributed by atoms with Crippen LogP contribution in [0.15, 0.2) is 23.0 Å². The second-order valence-electron chi connectivity index (χ2n) is 5.46. The van der Waals surface area contributed by atoms with E-state index in [4.69, 9.17) is 11.6 Å². The second kappa shape index (κ2) is 5.11. The molecule has 0 saturated carbocycles. The molecule has 1 aliphatic heterocycles. The van der Waals surface area contributed by atoms with E-state index >= 15 is 0 Å². The smallest absolute Gasteiger partial charge is 0.271 e. The Labute approximate surface area is 123 Å². The van der Waals surface area contributed by atoms with Gasteiger partial charge in [-0.1, -0.05) is 11.6 Å². The van der Waals surface area contributed by atoms with Gasteiger partial charge in [0, 0.05) is 42.1 Å². The van der Waals surface area contributed by atoms with Gasteiger partial charge >= 0.3 is 0 Å². The van der Waals surface area contributed by atoms with Crippen molar-refractivity contribution in [2.45, 2.75) is 6.92 Å². The summed E-state index contributed by atoms with van der Waals surface area (Å²) in [5, 5.41) is 1.71. The molecule has 0 bridgehead atoms. The van der Waals surface area contributed by atoms with Crippen molar-refractivity contribution in [3.63, 3.8) is 0 Å². The fourth-order valence-electron chi connectivity index (χ4n) is 2.61. The highest BCUT2D eigenvalue weighted by Crippen LogP contribution is 2.24. The van der Waals surface area contributed by atoms with Gasteiger partial charge in [-0.25, -0.2) is 0 Å². The third-order valence-electron chi connectivity index (χ3n) is 3.95. The molecule has 0 radical (unpaired) electrons. The summed E-state index contributed by atoms with van der Waals surface area (Å²) in [5.41, 5.74) is 2.54. The zero-order valence-corrected chi connectivity index (χ0v) is 12.5. The average molecular weight is 292 g/mol. The van der Waals surface area contributed by atoms with Crippen LogP contribution in [0, 0.1) is 6.92 Å². The molecular formula is C15H18ClN3O. The van der Waals surface area contributed by atoms with Crippen LogP contribution in [-0.4, -0.2) is 43.1 Å². The molecule has 0 unspecified atom stereocenters. The van der Waals surface area contributed by atoms with E-state index in [1.807, 2.05) is 25.1 Å². The van der Waals surface area contributed by atoms with Crippen LogP contribution in [0.1, 0.15) is 5.56 Å². The van der Waals surface area contributed by atoms with Gasteiger partial charge in [-0.2, -0.15) is 0 Å². The molecule has 1 fully saturated rings. The lowest BCUT2D eigenvalue weighted by Crippen LogP contribution is -2.46. The van der Waals surface area contributed by atoms with E-state index in [9.17, 15) is 4.79 Å². The van der Waals surface area contributed by atoms with Gasteiger partial charge in [0.2, 0.25) is 0 Å². The maximum Gasteiger partial charge on any atom is 0.271 e. The van der Waals surface area contributed by atoms with E-state index in [0.29, 0.717) is 5.02 Å². The summed E-state index contributed by atoms with van der Waals surface area (Å²) in [6.45, 7) is 5.71. The lowest BCUT2D eigenvalue weighted by Gasteiger charge is -2.33. The van der Waals surface area contributed by atoms with Crippen molar-refractivity contribution in [2.24, 2.45) is 0 Å². The van der Waals surface area contributed by atoms with Gasteiger partial charge in [-0.05, 0) is 37.7 Å². The minimum atomic E-state index is -0.0398. The van der Waals surface area contributed by atoms with Crippen LogP contribution in [-0.2, 0) is 0 Å². The Morgan fingerprint density at radius 1 is 1.15 bits per heavy atom. The zero-order valence-electron chi connectivity index (χ0n) is 11.7. The van der Waals surface area contributed by atoms with Crippen LogP contribution in [0.3, 0.4) is 0 Å². The van der Waals surface area contributed by atoms with Crippen molar-refractivity contribution in [3.05, 3.63) is 39.1 Å². The molecule has 0 aliphatic carbocycles. The molecule has 3 rings (SSSR count). The number of rotatable bonds is 1. The van der Waals surface area contributed by atoms with Crippen molar-refractivity contribution in [1.82, 2.24) is 9.88 Å².